The van der Waals surface area contributed by atoms with Crippen LogP contribution in [0, 0.1) is 0 Å². The van der Waals surface area contributed by atoms with Gasteiger partial charge in [0, 0.05) is 12.2 Å². The first-order valence-electron chi connectivity index (χ1n) is 8.12. The molecule has 154 valence electrons. The third kappa shape index (κ3) is 10.5. The van der Waals surface area contributed by atoms with E-state index >= 15 is 0 Å². The zero-order valence-electron chi connectivity index (χ0n) is 14.9. The molecule has 27 heavy (non-hydrogen) atoms. The smallest absolute Gasteiger partial charge is 0.320 e. The van der Waals surface area contributed by atoms with E-state index in [1.54, 1.807) is 6.92 Å². The van der Waals surface area contributed by atoms with Crippen molar-refractivity contribution in [2.45, 2.75) is 43.5 Å². The SMILES string of the molecule is CCOC(=O)CC(SCC(NC(=O)CCC(N)C(=O)O)C(=O)CN)C(=O)O. The van der Waals surface area contributed by atoms with Gasteiger partial charge in [0.1, 0.15) is 11.3 Å². The highest BCUT2D eigenvalue weighted by Crippen LogP contribution is 2.17. The molecule has 0 saturated heterocycles. The van der Waals surface area contributed by atoms with Gasteiger partial charge in [0.25, 0.3) is 0 Å². The molecule has 0 heterocycles. The molecule has 3 unspecified atom stereocenters. The van der Waals surface area contributed by atoms with Crippen molar-refractivity contribution in [3.8, 4) is 0 Å². The molecule has 0 radical (unpaired) electrons. The van der Waals surface area contributed by atoms with E-state index < -0.39 is 53.4 Å². The topological polar surface area (TPSA) is 199 Å². The van der Waals surface area contributed by atoms with Crippen molar-refractivity contribution in [1.29, 1.82) is 0 Å². The fourth-order valence-electron chi connectivity index (χ4n) is 1.84. The number of esters is 1. The second kappa shape index (κ2) is 13.1. The number of hydrogen-bond donors (Lipinski definition) is 5. The monoisotopic (exact) mass is 407 g/mol. The first-order chi connectivity index (χ1) is 12.6. The predicted molar refractivity (Wildman–Crippen MR) is 96.0 cm³/mol. The Labute approximate surface area is 160 Å². The van der Waals surface area contributed by atoms with Crippen molar-refractivity contribution in [2.75, 3.05) is 18.9 Å². The number of carboxylic acids is 2. The summed E-state index contributed by atoms with van der Waals surface area (Å²) in [4.78, 5) is 57.1. The number of ether oxygens (including phenoxy) is 1. The van der Waals surface area contributed by atoms with Gasteiger partial charge in [0.2, 0.25) is 5.91 Å². The van der Waals surface area contributed by atoms with Crippen molar-refractivity contribution in [3.63, 3.8) is 0 Å². The molecule has 0 rings (SSSR count). The average molecular weight is 407 g/mol. The van der Waals surface area contributed by atoms with E-state index in [1.807, 2.05) is 0 Å². The van der Waals surface area contributed by atoms with Crippen molar-refractivity contribution in [3.05, 3.63) is 0 Å². The van der Waals surface area contributed by atoms with E-state index in [0.29, 0.717) is 0 Å². The number of carbonyl (C=O) groups is 5. The molecule has 0 spiro atoms. The highest BCUT2D eigenvalue weighted by molar-refractivity contribution is 8.00. The highest BCUT2D eigenvalue weighted by atomic mass is 32.2. The van der Waals surface area contributed by atoms with Gasteiger partial charge in [-0.05, 0) is 13.3 Å². The molecule has 0 aromatic rings. The van der Waals surface area contributed by atoms with Crippen LogP contribution in [-0.2, 0) is 28.7 Å². The molecule has 0 saturated carbocycles. The van der Waals surface area contributed by atoms with Crippen molar-refractivity contribution in [2.24, 2.45) is 11.5 Å². The molecule has 0 aromatic carbocycles. The Kier molecular flexibility index (Phi) is 12.0. The number of ketones is 1. The van der Waals surface area contributed by atoms with Gasteiger partial charge in [-0.3, -0.25) is 24.0 Å². The fourth-order valence-corrected chi connectivity index (χ4v) is 2.93. The number of nitrogens with two attached hydrogens (primary N) is 2. The summed E-state index contributed by atoms with van der Waals surface area (Å²) in [6.45, 7) is 1.32. The third-order valence-electron chi connectivity index (χ3n) is 3.32. The Hall–Kier alpha value is -2.18. The van der Waals surface area contributed by atoms with Gasteiger partial charge < -0.3 is 31.7 Å². The molecule has 12 heteroatoms. The van der Waals surface area contributed by atoms with Crippen LogP contribution in [0.2, 0.25) is 0 Å². The summed E-state index contributed by atoms with van der Waals surface area (Å²) in [6.07, 6.45) is -0.741. The van der Waals surface area contributed by atoms with Crippen LogP contribution >= 0.6 is 11.8 Å². The lowest BCUT2D eigenvalue weighted by atomic mass is 10.1. The molecule has 11 nitrogen and oxygen atoms in total. The maximum atomic E-state index is 11.9. The van der Waals surface area contributed by atoms with E-state index in [9.17, 15) is 29.1 Å². The van der Waals surface area contributed by atoms with Crippen LogP contribution in [0.4, 0.5) is 0 Å². The predicted octanol–water partition coefficient (Wildman–Crippen LogP) is -1.67. The number of amides is 1. The number of carboxylic acid groups (broad SMARTS) is 2. The van der Waals surface area contributed by atoms with Crippen LogP contribution in [-0.4, -0.2) is 76.0 Å². The van der Waals surface area contributed by atoms with E-state index in [4.69, 9.17) is 21.3 Å². The van der Waals surface area contributed by atoms with Crippen LogP contribution in [0.15, 0.2) is 0 Å². The van der Waals surface area contributed by atoms with Crippen LogP contribution in [0.25, 0.3) is 0 Å². The van der Waals surface area contributed by atoms with Crippen LogP contribution < -0.4 is 16.8 Å². The Morgan fingerprint density at radius 1 is 1.15 bits per heavy atom. The van der Waals surface area contributed by atoms with Gasteiger partial charge in [-0.2, -0.15) is 0 Å². The lowest BCUT2D eigenvalue weighted by Gasteiger charge is -2.19. The number of rotatable bonds is 14. The van der Waals surface area contributed by atoms with E-state index in [-0.39, 0.29) is 31.7 Å². The zero-order chi connectivity index (χ0) is 21.0. The maximum absolute atomic E-state index is 11.9. The fraction of sp³-hybridized carbons (Fsp3) is 0.667. The standard InChI is InChI=1S/C15H25N3O8S/c1-2-26-13(21)5-11(15(24)25)27-7-9(10(19)6-16)18-12(20)4-3-8(17)14(22)23/h8-9,11H,2-7,16-17H2,1H3,(H,18,20)(H,22,23)(H,24,25). The average Bonchev–Trinajstić information content (AvgIpc) is 2.60. The molecule has 0 bridgehead atoms. The van der Waals surface area contributed by atoms with Crippen molar-refractivity contribution < 1.29 is 38.9 Å². The second-order valence-corrected chi connectivity index (χ2v) is 6.68. The Bertz CT molecular complexity index is 557. The van der Waals surface area contributed by atoms with Gasteiger partial charge in [-0.25, -0.2) is 0 Å². The summed E-state index contributed by atoms with van der Waals surface area (Å²) in [7, 11) is 0. The van der Waals surface area contributed by atoms with Crippen molar-refractivity contribution >= 4 is 41.4 Å². The molecule has 1 amide bonds. The van der Waals surface area contributed by atoms with Gasteiger partial charge in [0.05, 0.1) is 25.6 Å². The summed E-state index contributed by atoms with van der Waals surface area (Å²) in [6, 6.07) is -2.28. The molecule has 0 aliphatic carbocycles. The summed E-state index contributed by atoms with van der Waals surface area (Å²) >= 11 is 0.797. The van der Waals surface area contributed by atoms with E-state index in [2.05, 4.69) is 5.32 Å². The molecule has 0 aliphatic heterocycles. The number of nitrogens with one attached hydrogen (secondary N) is 1. The quantitative estimate of drug-likeness (QED) is 0.206. The molecule has 7 N–H and O–H groups in total. The summed E-state index contributed by atoms with van der Waals surface area (Å²) in [5.74, 6) is -4.47. The molecule has 0 aromatic heterocycles. The van der Waals surface area contributed by atoms with E-state index in [1.165, 1.54) is 0 Å². The second-order valence-electron chi connectivity index (χ2n) is 5.44. The Balaban J connectivity index is 4.77. The normalized spacial score (nSPS) is 13.9. The van der Waals surface area contributed by atoms with Crippen LogP contribution in [0.3, 0.4) is 0 Å². The number of carbonyl (C=O) groups excluding carboxylic acids is 3. The number of aliphatic carboxylic acids is 2. The van der Waals surface area contributed by atoms with Gasteiger partial charge >= 0.3 is 17.9 Å². The van der Waals surface area contributed by atoms with Crippen molar-refractivity contribution in [1.82, 2.24) is 5.32 Å². The maximum Gasteiger partial charge on any atom is 0.320 e. The highest BCUT2D eigenvalue weighted by Gasteiger charge is 2.27. The van der Waals surface area contributed by atoms with Gasteiger partial charge in [-0.15, -0.1) is 11.8 Å². The number of Topliss-reactive ketones (excluding diaryl/α,β-unsaturated/α-hetero) is 1. The minimum absolute atomic E-state index is 0.110. The summed E-state index contributed by atoms with van der Waals surface area (Å²) < 4.78 is 4.70. The Morgan fingerprint density at radius 3 is 2.26 bits per heavy atom. The van der Waals surface area contributed by atoms with Gasteiger partial charge in [0.15, 0.2) is 5.78 Å². The Morgan fingerprint density at radius 2 is 1.78 bits per heavy atom. The lowest BCUT2D eigenvalue weighted by molar-refractivity contribution is -0.146. The number of thioether (sulfide) groups is 1. The largest absolute Gasteiger partial charge is 0.480 e. The minimum atomic E-state index is -1.26. The first kappa shape index (κ1) is 24.8. The molecular formula is C15H25N3O8S. The lowest BCUT2D eigenvalue weighted by Crippen LogP contribution is -2.46. The third-order valence-corrected chi connectivity index (χ3v) is 4.62. The zero-order valence-corrected chi connectivity index (χ0v) is 15.7. The minimum Gasteiger partial charge on any atom is -0.480 e. The van der Waals surface area contributed by atoms with Crippen LogP contribution in [0.5, 0.6) is 0 Å². The summed E-state index contributed by atoms with van der Waals surface area (Å²) in [5.41, 5.74) is 10.6. The molecular weight excluding hydrogens is 382 g/mol. The summed E-state index contributed by atoms with van der Waals surface area (Å²) in [5, 5.41) is 19.1. The van der Waals surface area contributed by atoms with E-state index in [0.717, 1.165) is 11.8 Å². The molecule has 3 atom stereocenters. The number of hydrogen-bond acceptors (Lipinski definition) is 9. The van der Waals surface area contributed by atoms with Gasteiger partial charge in [-0.1, -0.05) is 0 Å². The molecule has 0 fully saturated rings. The first-order valence-corrected chi connectivity index (χ1v) is 9.17. The van der Waals surface area contributed by atoms with Crippen LogP contribution in [0.1, 0.15) is 26.2 Å². The molecule has 0 aliphatic rings.